The summed E-state index contributed by atoms with van der Waals surface area (Å²) in [5.41, 5.74) is 0. The lowest BCUT2D eigenvalue weighted by atomic mass is 10.1. The first-order valence-electron chi connectivity index (χ1n) is 5.40. The van der Waals surface area contributed by atoms with Gasteiger partial charge in [0.2, 0.25) is 0 Å². The average Bonchev–Trinajstić information content (AvgIpc) is 2.40. The summed E-state index contributed by atoms with van der Waals surface area (Å²) < 4.78 is 4.66. The summed E-state index contributed by atoms with van der Waals surface area (Å²) in [5, 5.41) is 11.4. The number of benzene rings is 2. The lowest BCUT2D eigenvalue weighted by molar-refractivity contribution is 0.205. The standard InChI is InChI=1S/C10H8O.C6H6O/c11-10-6-5-8-3-1-2-4-9(8)7-10;1-3-5-7-6-4-2/h1-7,11H;1-2H,5-6H2. The number of ether oxygens (including phenoxy) is 1. The highest BCUT2D eigenvalue weighted by molar-refractivity contribution is 5.83. The molecule has 0 saturated heterocycles. The van der Waals surface area contributed by atoms with E-state index in [1.165, 1.54) is 0 Å². The van der Waals surface area contributed by atoms with Gasteiger partial charge in [0, 0.05) is 0 Å². The monoisotopic (exact) mass is 238 g/mol. The van der Waals surface area contributed by atoms with Crippen molar-refractivity contribution in [1.82, 2.24) is 0 Å². The van der Waals surface area contributed by atoms with E-state index in [0.29, 0.717) is 19.0 Å². The quantitative estimate of drug-likeness (QED) is 0.644. The number of aromatic hydroxyl groups is 1. The summed E-state index contributed by atoms with van der Waals surface area (Å²) >= 11 is 0. The maximum absolute atomic E-state index is 9.13. The molecular formula is C16H14O2. The molecule has 0 saturated carbocycles. The zero-order valence-corrected chi connectivity index (χ0v) is 9.97. The van der Waals surface area contributed by atoms with Crippen LogP contribution in [-0.4, -0.2) is 18.3 Å². The molecule has 18 heavy (non-hydrogen) atoms. The van der Waals surface area contributed by atoms with E-state index in [-0.39, 0.29) is 0 Å². The molecule has 0 spiro atoms. The largest absolute Gasteiger partial charge is 0.508 e. The molecule has 2 rings (SSSR count). The van der Waals surface area contributed by atoms with Gasteiger partial charge in [-0.1, -0.05) is 42.2 Å². The van der Waals surface area contributed by atoms with Crippen LogP contribution in [-0.2, 0) is 4.74 Å². The number of fused-ring (bicyclic) bond motifs is 1. The van der Waals surface area contributed by atoms with Crippen molar-refractivity contribution in [1.29, 1.82) is 0 Å². The van der Waals surface area contributed by atoms with Crippen LogP contribution in [0.25, 0.3) is 10.8 Å². The summed E-state index contributed by atoms with van der Waals surface area (Å²) in [7, 11) is 0. The van der Waals surface area contributed by atoms with Gasteiger partial charge < -0.3 is 9.84 Å². The molecule has 1 N–H and O–H groups in total. The third kappa shape index (κ3) is 4.61. The topological polar surface area (TPSA) is 29.5 Å². The Balaban J connectivity index is 0.000000203. The number of rotatable bonds is 2. The molecule has 0 bridgehead atoms. The van der Waals surface area contributed by atoms with Crippen molar-refractivity contribution in [2.75, 3.05) is 13.2 Å². The first kappa shape index (κ1) is 13.6. The fraction of sp³-hybridized carbons (Fsp3) is 0.125. The summed E-state index contributed by atoms with van der Waals surface area (Å²) in [5.74, 6) is 4.89. The number of phenolic OH excluding ortho intramolecular Hbond substituents is 1. The first-order valence-corrected chi connectivity index (χ1v) is 5.40. The summed E-state index contributed by atoms with van der Waals surface area (Å²) in [6.07, 6.45) is 9.65. The fourth-order valence-corrected chi connectivity index (χ4v) is 1.35. The average molecular weight is 238 g/mol. The SMILES string of the molecule is C#CCOCC#C.Oc1ccc2ccccc2c1. The molecule has 0 aromatic heterocycles. The van der Waals surface area contributed by atoms with Gasteiger partial charge in [-0.3, -0.25) is 0 Å². The highest BCUT2D eigenvalue weighted by Crippen LogP contribution is 2.18. The second-order valence-corrected chi connectivity index (χ2v) is 3.43. The van der Waals surface area contributed by atoms with Gasteiger partial charge in [-0.2, -0.15) is 0 Å². The van der Waals surface area contributed by atoms with Crippen molar-refractivity contribution in [3.63, 3.8) is 0 Å². The lowest BCUT2D eigenvalue weighted by Crippen LogP contribution is -1.89. The van der Waals surface area contributed by atoms with E-state index in [4.69, 9.17) is 18.0 Å². The summed E-state index contributed by atoms with van der Waals surface area (Å²) in [6.45, 7) is 0.619. The van der Waals surface area contributed by atoms with Crippen LogP contribution < -0.4 is 0 Å². The van der Waals surface area contributed by atoms with Gasteiger partial charge in [0.25, 0.3) is 0 Å². The number of phenols is 1. The third-order valence-corrected chi connectivity index (χ3v) is 2.10. The Bertz CT molecular complexity index is 559. The van der Waals surface area contributed by atoms with Gasteiger partial charge in [0.15, 0.2) is 0 Å². The smallest absolute Gasteiger partial charge is 0.116 e. The van der Waals surface area contributed by atoms with Gasteiger partial charge in [0.1, 0.15) is 19.0 Å². The molecule has 0 heterocycles. The van der Waals surface area contributed by atoms with E-state index in [2.05, 4.69) is 16.6 Å². The predicted molar refractivity (Wildman–Crippen MR) is 74.1 cm³/mol. The summed E-state index contributed by atoms with van der Waals surface area (Å²) in [4.78, 5) is 0. The van der Waals surface area contributed by atoms with Crippen molar-refractivity contribution in [2.24, 2.45) is 0 Å². The van der Waals surface area contributed by atoms with Gasteiger partial charge in [-0.05, 0) is 22.9 Å². The molecule has 0 aliphatic carbocycles. The fourth-order valence-electron chi connectivity index (χ4n) is 1.35. The Labute approximate surface area is 107 Å². The van der Waals surface area contributed by atoms with E-state index in [9.17, 15) is 0 Å². The van der Waals surface area contributed by atoms with Crippen LogP contribution in [0.5, 0.6) is 5.75 Å². The zero-order chi connectivity index (χ0) is 13.2. The lowest BCUT2D eigenvalue weighted by Gasteiger charge is -1.96. The zero-order valence-electron chi connectivity index (χ0n) is 9.97. The molecule has 2 aromatic rings. The molecular weight excluding hydrogens is 224 g/mol. The van der Waals surface area contributed by atoms with Gasteiger partial charge in [-0.15, -0.1) is 12.8 Å². The maximum Gasteiger partial charge on any atom is 0.116 e. The molecule has 0 radical (unpaired) electrons. The molecule has 2 heteroatoms. The second-order valence-electron chi connectivity index (χ2n) is 3.43. The Morgan fingerprint density at radius 3 is 2.17 bits per heavy atom. The van der Waals surface area contributed by atoms with Crippen LogP contribution in [0.4, 0.5) is 0 Å². The van der Waals surface area contributed by atoms with Gasteiger partial charge in [0.05, 0.1) is 0 Å². The van der Waals surface area contributed by atoms with Crippen LogP contribution in [0.2, 0.25) is 0 Å². The third-order valence-electron chi connectivity index (χ3n) is 2.10. The van der Waals surface area contributed by atoms with Crippen LogP contribution in [0.3, 0.4) is 0 Å². The van der Waals surface area contributed by atoms with Crippen molar-refractivity contribution in [3.05, 3.63) is 42.5 Å². The Kier molecular flexibility index (Phi) is 5.90. The van der Waals surface area contributed by atoms with Crippen molar-refractivity contribution < 1.29 is 9.84 Å². The van der Waals surface area contributed by atoms with Gasteiger partial charge in [-0.25, -0.2) is 0 Å². The van der Waals surface area contributed by atoms with E-state index in [1.807, 2.05) is 30.3 Å². The first-order chi connectivity index (χ1) is 8.77. The Hall–Kier alpha value is -2.42. The van der Waals surface area contributed by atoms with E-state index in [1.54, 1.807) is 12.1 Å². The molecule has 0 unspecified atom stereocenters. The number of hydrogen-bond donors (Lipinski definition) is 1. The minimum atomic E-state index is 0.310. The van der Waals surface area contributed by atoms with Crippen molar-refractivity contribution in [2.45, 2.75) is 0 Å². The van der Waals surface area contributed by atoms with Crippen LogP contribution in [0.15, 0.2) is 42.5 Å². The number of terminal acetylenes is 2. The molecule has 0 fully saturated rings. The number of hydrogen-bond acceptors (Lipinski definition) is 2. The molecule has 2 aromatic carbocycles. The van der Waals surface area contributed by atoms with E-state index in [0.717, 1.165) is 10.8 Å². The van der Waals surface area contributed by atoms with Crippen LogP contribution in [0, 0.1) is 24.7 Å². The minimum Gasteiger partial charge on any atom is -0.508 e. The van der Waals surface area contributed by atoms with Gasteiger partial charge >= 0.3 is 0 Å². The van der Waals surface area contributed by atoms with E-state index < -0.39 is 0 Å². The molecule has 0 atom stereocenters. The second kappa shape index (κ2) is 7.79. The minimum absolute atomic E-state index is 0.310. The normalized spacial score (nSPS) is 8.78. The predicted octanol–water partition coefficient (Wildman–Crippen LogP) is 2.81. The van der Waals surface area contributed by atoms with Crippen LogP contribution in [0.1, 0.15) is 0 Å². The van der Waals surface area contributed by atoms with Crippen molar-refractivity contribution in [3.8, 4) is 30.4 Å². The highest BCUT2D eigenvalue weighted by atomic mass is 16.5. The molecule has 0 amide bonds. The van der Waals surface area contributed by atoms with Crippen LogP contribution >= 0.6 is 0 Å². The molecule has 90 valence electrons. The molecule has 2 nitrogen and oxygen atoms in total. The Morgan fingerprint density at radius 2 is 1.56 bits per heavy atom. The van der Waals surface area contributed by atoms with Crippen molar-refractivity contribution >= 4 is 10.8 Å². The molecule has 0 aliphatic rings. The molecule has 0 aliphatic heterocycles. The highest BCUT2D eigenvalue weighted by Gasteiger charge is 1.91. The summed E-state index contributed by atoms with van der Waals surface area (Å²) in [6, 6.07) is 13.3. The maximum atomic E-state index is 9.13. The Morgan fingerprint density at radius 1 is 0.944 bits per heavy atom. The van der Waals surface area contributed by atoms with E-state index >= 15 is 0 Å².